The lowest BCUT2D eigenvalue weighted by Crippen LogP contribution is -3.00. The molecule has 0 saturated heterocycles. The molecule has 2 nitrogen and oxygen atoms in total. The lowest BCUT2D eigenvalue weighted by molar-refractivity contribution is -0.904. The zero-order valence-corrected chi connectivity index (χ0v) is 21.5. The fraction of sp³-hybridized carbons (Fsp3) is 0.714. The number of halogens is 1. The maximum atomic E-state index is 4.00. The third-order valence-corrected chi connectivity index (χ3v) is 6.40. The van der Waals surface area contributed by atoms with Gasteiger partial charge in [0, 0.05) is 6.42 Å². The van der Waals surface area contributed by atoms with Gasteiger partial charge in [-0.1, -0.05) is 121 Å². The first-order valence-corrected chi connectivity index (χ1v) is 12.7. The molecule has 0 aliphatic carbocycles. The maximum absolute atomic E-state index is 4.00. The predicted molar refractivity (Wildman–Crippen MR) is 135 cm³/mol. The van der Waals surface area contributed by atoms with E-state index >= 15 is 0 Å². The second-order valence-electron chi connectivity index (χ2n) is 9.37. The van der Waals surface area contributed by atoms with E-state index in [4.69, 9.17) is 0 Å². The molecule has 0 bridgehead atoms. The van der Waals surface area contributed by atoms with Crippen molar-refractivity contribution in [2.75, 3.05) is 26.7 Å². The fourth-order valence-electron chi connectivity index (χ4n) is 4.34. The van der Waals surface area contributed by atoms with Crippen molar-refractivity contribution in [3.63, 3.8) is 0 Å². The SMILES string of the molecule is C=CC[N+](C)(CCCCCCCCCCCCCCCC)CCc1ccccc1.O.[Cl-]. The van der Waals surface area contributed by atoms with E-state index < -0.39 is 0 Å². The highest BCUT2D eigenvalue weighted by molar-refractivity contribution is 5.14. The van der Waals surface area contributed by atoms with E-state index in [0.29, 0.717) is 0 Å². The van der Waals surface area contributed by atoms with Gasteiger partial charge in [-0.05, 0) is 24.5 Å². The third kappa shape index (κ3) is 18.4. The van der Waals surface area contributed by atoms with Crippen LogP contribution >= 0.6 is 0 Å². The number of hydrogen-bond donors (Lipinski definition) is 0. The van der Waals surface area contributed by atoms with E-state index in [9.17, 15) is 0 Å². The van der Waals surface area contributed by atoms with E-state index in [0.717, 1.165) is 11.0 Å². The molecule has 0 aliphatic heterocycles. The van der Waals surface area contributed by atoms with E-state index in [-0.39, 0.29) is 17.9 Å². The zero-order chi connectivity index (χ0) is 21.0. The number of hydrogen-bond acceptors (Lipinski definition) is 0. The Labute approximate surface area is 200 Å². The van der Waals surface area contributed by atoms with Gasteiger partial charge in [0.25, 0.3) is 0 Å². The van der Waals surface area contributed by atoms with Crippen LogP contribution in [-0.4, -0.2) is 36.6 Å². The molecule has 0 heterocycles. The molecular formula is C28H52ClNO. The van der Waals surface area contributed by atoms with E-state index in [1.54, 1.807) is 0 Å². The van der Waals surface area contributed by atoms with Crippen LogP contribution in [0.25, 0.3) is 0 Å². The first-order valence-electron chi connectivity index (χ1n) is 12.7. The standard InChI is InChI=1S/C28H50N.ClH.H2O/c1-4-6-7-8-9-10-11-12-13-14-15-16-17-21-26-29(3,25-5-2)27-24-28-22-19-18-20-23-28;;/h5,18-20,22-23H,2,4,6-17,21,24-27H2,1,3H3;1H;1H2/q+1;;/p-1. The largest absolute Gasteiger partial charge is 1.00 e. The lowest BCUT2D eigenvalue weighted by Gasteiger charge is -2.34. The van der Waals surface area contributed by atoms with Crippen LogP contribution < -0.4 is 12.4 Å². The van der Waals surface area contributed by atoms with Gasteiger partial charge in [-0.3, -0.25) is 0 Å². The quantitative estimate of drug-likeness (QED) is 0.158. The van der Waals surface area contributed by atoms with Crippen molar-refractivity contribution in [3.05, 3.63) is 48.6 Å². The Morgan fingerprint density at radius 1 is 0.710 bits per heavy atom. The van der Waals surface area contributed by atoms with E-state index in [2.05, 4.69) is 57.0 Å². The summed E-state index contributed by atoms with van der Waals surface area (Å²) in [7, 11) is 2.41. The van der Waals surface area contributed by atoms with E-state index in [1.807, 2.05) is 0 Å². The Morgan fingerprint density at radius 3 is 1.61 bits per heavy atom. The molecule has 0 aliphatic rings. The zero-order valence-electron chi connectivity index (χ0n) is 20.7. The highest BCUT2D eigenvalue weighted by Crippen LogP contribution is 2.15. The van der Waals surface area contributed by atoms with Gasteiger partial charge in [0.05, 0.1) is 26.7 Å². The first kappa shape index (κ1) is 32.4. The van der Waals surface area contributed by atoms with Crippen molar-refractivity contribution >= 4 is 0 Å². The third-order valence-electron chi connectivity index (χ3n) is 6.40. The first-order chi connectivity index (χ1) is 14.2. The number of quaternary nitrogens is 1. The minimum Gasteiger partial charge on any atom is -1.00 e. The van der Waals surface area contributed by atoms with Gasteiger partial charge in [-0.25, -0.2) is 0 Å². The van der Waals surface area contributed by atoms with Crippen LogP contribution in [0.4, 0.5) is 0 Å². The van der Waals surface area contributed by atoms with Gasteiger partial charge >= 0.3 is 0 Å². The van der Waals surface area contributed by atoms with Gasteiger partial charge in [-0.2, -0.15) is 0 Å². The van der Waals surface area contributed by atoms with Crippen LogP contribution in [0.2, 0.25) is 0 Å². The van der Waals surface area contributed by atoms with Crippen molar-refractivity contribution in [1.29, 1.82) is 0 Å². The fourth-order valence-corrected chi connectivity index (χ4v) is 4.34. The predicted octanol–water partition coefficient (Wildman–Crippen LogP) is 4.52. The molecule has 1 aromatic rings. The molecule has 0 spiro atoms. The number of rotatable bonds is 20. The maximum Gasteiger partial charge on any atom is 0.0969 e. The molecule has 1 aromatic carbocycles. The molecule has 1 rings (SSSR count). The summed E-state index contributed by atoms with van der Waals surface area (Å²) in [6.07, 6.45) is 23.3. The Kier molecular flexibility index (Phi) is 23.3. The Morgan fingerprint density at radius 2 is 1.16 bits per heavy atom. The van der Waals surface area contributed by atoms with Gasteiger partial charge in [0.15, 0.2) is 0 Å². The number of benzene rings is 1. The van der Waals surface area contributed by atoms with Crippen LogP contribution in [0.1, 0.15) is 102 Å². The monoisotopic (exact) mass is 453 g/mol. The number of unbranched alkanes of at least 4 members (excludes halogenated alkanes) is 13. The second-order valence-corrected chi connectivity index (χ2v) is 9.37. The van der Waals surface area contributed by atoms with Crippen molar-refractivity contribution < 1.29 is 22.4 Å². The molecule has 0 saturated carbocycles. The normalized spacial score (nSPS) is 12.5. The van der Waals surface area contributed by atoms with Crippen LogP contribution in [0, 0.1) is 0 Å². The average Bonchev–Trinajstić information content (AvgIpc) is 2.73. The number of nitrogens with zero attached hydrogens (tertiary/aromatic N) is 1. The summed E-state index contributed by atoms with van der Waals surface area (Å²) < 4.78 is 1.14. The van der Waals surface area contributed by atoms with Crippen molar-refractivity contribution in [1.82, 2.24) is 0 Å². The van der Waals surface area contributed by atoms with Gasteiger partial charge in [0.2, 0.25) is 0 Å². The molecule has 0 radical (unpaired) electrons. The van der Waals surface area contributed by atoms with Crippen molar-refractivity contribution in [3.8, 4) is 0 Å². The summed E-state index contributed by atoms with van der Waals surface area (Å²) in [5, 5.41) is 0. The summed E-state index contributed by atoms with van der Waals surface area (Å²) in [5.41, 5.74) is 1.46. The topological polar surface area (TPSA) is 31.5 Å². The molecule has 0 amide bonds. The van der Waals surface area contributed by atoms with Crippen LogP contribution in [0.15, 0.2) is 43.0 Å². The van der Waals surface area contributed by atoms with Gasteiger partial charge in [-0.15, -0.1) is 0 Å². The Balaban J connectivity index is 0. The van der Waals surface area contributed by atoms with Crippen LogP contribution in [-0.2, 0) is 6.42 Å². The molecule has 1 atom stereocenters. The smallest absolute Gasteiger partial charge is 0.0969 e. The number of likely N-dealkylation sites (N-methyl/N-ethyl adjacent to an activating group) is 1. The summed E-state index contributed by atoms with van der Waals surface area (Å²) in [5.74, 6) is 0. The highest BCUT2D eigenvalue weighted by atomic mass is 35.5. The van der Waals surface area contributed by atoms with Crippen LogP contribution in [0.3, 0.4) is 0 Å². The van der Waals surface area contributed by atoms with Crippen molar-refractivity contribution in [2.24, 2.45) is 0 Å². The highest BCUT2D eigenvalue weighted by Gasteiger charge is 2.19. The molecule has 2 N–H and O–H groups in total. The molecule has 3 heteroatoms. The van der Waals surface area contributed by atoms with Gasteiger partial charge in [0.1, 0.15) is 0 Å². The molecule has 31 heavy (non-hydrogen) atoms. The van der Waals surface area contributed by atoms with E-state index in [1.165, 1.54) is 115 Å². The average molecular weight is 454 g/mol. The minimum atomic E-state index is 0. The molecule has 182 valence electrons. The van der Waals surface area contributed by atoms with Crippen molar-refractivity contribution in [2.45, 2.75) is 103 Å². The summed E-state index contributed by atoms with van der Waals surface area (Å²) in [6.45, 7) is 9.89. The lowest BCUT2D eigenvalue weighted by atomic mass is 10.0. The van der Waals surface area contributed by atoms with Crippen LogP contribution in [0.5, 0.6) is 0 Å². The summed E-state index contributed by atoms with van der Waals surface area (Å²) >= 11 is 0. The second kappa shape index (κ2) is 22.4. The molecule has 0 fully saturated rings. The summed E-state index contributed by atoms with van der Waals surface area (Å²) in [6, 6.07) is 10.9. The molecular weight excluding hydrogens is 402 g/mol. The Bertz CT molecular complexity index is 493. The molecule has 1 unspecified atom stereocenters. The molecule has 0 aromatic heterocycles. The minimum absolute atomic E-state index is 0. The van der Waals surface area contributed by atoms with Gasteiger partial charge < -0.3 is 22.4 Å². The Hall–Kier alpha value is -0.830. The summed E-state index contributed by atoms with van der Waals surface area (Å²) in [4.78, 5) is 0.